The minimum Gasteiger partial charge on any atom is -0.491 e. The van der Waals surface area contributed by atoms with Crippen LogP contribution in [0.3, 0.4) is 0 Å². The average Bonchev–Trinajstić information content (AvgIpc) is 2.90. The smallest absolute Gasteiger partial charge is 0.315 e. The van der Waals surface area contributed by atoms with Gasteiger partial charge in [0.15, 0.2) is 0 Å². The molecule has 2 aliphatic heterocycles. The maximum Gasteiger partial charge on any atom is 0.315 e. The second-order valence-corrected chi connectivity index (χ2v) is 6.08. The summed E-state index contributed by atoms with van der Waals surface area (Å²) >= 11 is 0. The first-order chi connectivity index (χ1) is 10.7. The van der Waals surface area contributed by atoms with Gasteiger partial charge in [-0.15, -0.1) is 0 Å². The third-order valence-corrected chi connectivity index (χ3v) is 4.28. The normalized spacial score (nSPS) is 23.5. The lowest BCUT2D eigenvalue weighted by Gasteiger charge is -2.22. The van der Waals surface area contributed by atoms with Crippen molar-refractivity contribution in [3.8, 4) is 5.75 Å². The SMILES string of the molecule is Cc1ccc2c(c1)[C@H](NC(=O)NCC[C@H]1CCCCO1)CO2. The Morgan fingerprint density at radius 3 is 3.09 bits per heavy atom. The molecule has 0 radical (unpaired) electrons. The van der Waals surface area contributed by atoms with Crippen molar-refractivity contribution in [2.45, 2.75) is 44.8 Å². The zero-order valence-corrected chi connectivity index (χ0v) is 13.1. The molecule has 0 unspecified atom stereocenters. The van der Waals surface area contributed by atoms with E-state index in [1.807, 2.05) is 19.1 Å². The molecule has 120 valence electrons. The molecule has 0 saturated carbocycles. The van der Waals surface area contributed by atoms with Gasteiger partial charge >= 0.3 is 6.03 Å². The van der Waals surface area contributed by atoms with Gasteiger partial charge in [-0.2, -0.15) is 0 Å². The van der Waals surface area contributed by atoms with E-state index in [-0.39, 0.29) is 12.1 Å². The van der Waals surface area contributed by atoms with Gasteiger partial charge in [0.05, 0.1) is 12.1 Å². The third-order valence-electron chi connectivity index (χ3n) is 4.28. The van der Waals surface area contributed by atoms with Crippen molar-refractivity contribution >= 4 is 6.03 Å². The monoisotopic (exact) mass is 304 g/mol. The van der Waals surface area contributed by atoms with Gasteiger partial charge in [0, 0.05) is 18.7 Å². The van der Waals surface area contributed by atoms with E-state index in [0.29, 0.717) is 19.3 Å². The van der Waals surface area contributed by atoms with Crippen molar-refractivity contribution in [2.75, 3.05) is 19.8 Å². The van der Waals surface area contributed by atoms with Gasteiger partial charge in [-0.05, 0) is 38.7 Å². The second kappa shape index (κ2) is 7.01. The zero-order valence-electron chi connectivity index (χ0n) is 13.1. The highest BCUT2D eigenvalue weighted by Crippen LogP contribution is 2.32. The highest BCUT2D eigenvalue weighted by atomic mass is 16.5. The average molecular weight is 304 g/mol. The van der Waals surface area contributed by atoms with Crippen LogP contribution in [0.1, 0.15) is 42.9 Å². The fourth-order valence-electron chi connectivity index (χ4n) is 3.04. The fourth-order valence-corrected chi connectivity index (χ4v) is 3.04. The van der Waals surface area contributed by atoms with E-state index in [9.17, 15) is 4.79 Å². The first-order valence-corrected chi connectivity index (χ1v) is 8.11. The number of nitrogens with one attached hydrogen (secondary N) is 2. The molecule has 3 rings (SSSR count). The van der Waals surface area contributed by atoms with E-state index in [4.69, 9.17) is 9.47 Å². The molecule has 1 aromatic rings. The number of carbonyl (C=O) groups is 1. The molecule has 1 aromatic carbocycles. The Balaban J connectivity index is 1.44. The predicted molar refractivity (Wildman–Crippen MR) is 84.2 cm³/mol. The summed E-state index contributed by atoms with van der Waals surface area (Å²) in [6.45, 7) is 4.04. The van der Waals surface area contributed by atoms with Gasteiger partial charge in [0.2, 0.25) is 0 Å². The van der Waals surface area contributed by atoms with Gasteiger partial charge in [-0.3, -0.25) is 0 Å². The van der Waals surface area contributed by atoms with Crippen LogP contribution in [0.15, 0.2) is 18.2 Å². The van der Waals surface area contributed by atoms with Crippen LogP contribution in [0.25, 0.3) is 0 Å². The molecular weight excluding hydrogens is 280 g/mol. The lowest BCUT2D eigenvalue weighted by Crippen LogP contribution is -2.40. The Labute approximate surface area is 131 Å². The Morgan fingerprint density at radius 2 is 2.27 bits per heavy atom. The molecule has 2 N–H and O–H groups in total. The predicted octanol–water partition coefficient (Wildman–Crippen LogP) is 2.69. The highest BCUT2D eigenvalue weighted by molar-refractivity contribution is 5.74. The zero-order chi connectivity index (χ0) is 15.4. The number of aryl methyl sites for hydroxylation is 1. The summed E-state index contributed by atoms with van der Waals surface area (Å²) in [5.41, 5.74) is 2.23. The standard InChI is InChI=1S/C17H24N2O3/c1-12-5-6-16-14(10-12)15(11-22-16)19-17(20)18-8-7-13-4-2-3-9-21-13/h5-6,10,13,15H,2-4,7-9,11H2,1H3,(H2,18,19,20)/t13-,15-/m1/s1. The minimum atomic E-state index is -0.140. The first-order valence-electron chi connectivity index (χ1n) is 8.11. The Hall–Kier alpha value is -1.75. The van der Waals surface area contributed by atoms with Crippen LogP contribution in [-0.2, 0) is 4.74 Å². The van der Waals surface area contributed by atoms with Crippen molar-refractivity contribution in [1.82, 2.24) is 10.6 Å². The molecule has 0 aromatic heterocycles. The number of hydrogen-bond acceptors (Lipinski definition) is 3. The molecule has 1 fully saturated rings. The number of urea groups is 1. The molecule has 22 heavy (non-hydrogen) atoms. The fraction of sp³-hybridized carbons (Fsp3) is 0.588. The topological polar surface area (TPSA) is 59.6 Å². The Kier molecular flexibility index (Phi) is 4.83. The summed E-state index contributed by atoms with van der Waals surface area (Å²) in [7, 11) is 0. The minimum absolute atomic E-state index is 0.0687. The molecule has 2 amide bonds. The molecule has 2 aliphatic rings. The number of benzene rings is 1. The molecule has 5 nitrogen and oxygen atoms in total. The maximum absolute atomic E-state index is 12.0. The summed E-state index contributed by atoms with van der Waals surface area (Å²) in [5.74, 6) is 0.867. The van der Waals surface area contributed by atoms with E-state index < -0.39 is 0 Å². The molecule has 5 heteroatoms. The van der Waals surface area contributed by atoms with Crippen molar-refractivity contribution in [3.63, 3.8) is 0 Å². The van der Waals surface area contributed by atoms with Gasteiger partial charge in [-0.1, -0.05) is 17.7 Å². The van der Waals surface area contributed by atoms with Gasteiger partial charge < -0.3 is 20.1 Å². The van der Waals surface area contributed by atoms with Crippen molar-refractivity contribution in [2.24, 2.45) is 0 Å². The van der Waals surface area contributed by atoms with E-state index in [2.05, 4.69) is 16.7 Å². The van der Waals surface area contributed by atoms with Crippen LogP contribution in [0.5, 0.6) is 5.75 Å². The summed E-state index contributed by atoms with van der Waals surface area (Å²) < 4.78 is 11.3. The quantitative estimate of drug-likeness (QED) is 0.899. The van der Waals surface area contributed by atoms with E-state index >= 15 is 0 Å². The molecular formula is C17H24N2O3. The number of fused-ring (bicyclic) bond motifs is 1. The van der Waals surface area contributed by atoms with Crippen LogP contribution < -0.4 is 15.4 Å². The number of amides is 2. The van der Waals surface area contributed by atoms with Crippen molar-refractivity contribution < 1.29 is 14.3 Å². The molecule has 2 atom stereocenters. The lowest BCUT2D eigenvalue weighted by atomic mass is 10.1. The van der Waals surface area contributed by atoms with Crippen molar-refractivity contribution in [3.05, 3.63) is 29.3 Å². The molecule has 2 heterocycles. The Bertz CT molecular complexity index is 527. The third kappa shape index (κ3) is 3.71. The van der Waals surface area contributed by atoms with Crippen LogP contribution >= 0.6 is 0 Å². The number of carbonyl (C=O) groups excluding carboxylic acids is 1. The Morgan fingerprint density at radius 1 is 1.36 bits per heavy atom. The molecule has 0 spiro atoms. The lowest BCUT2D eigenvalue weighted by molar-refractivity contribution is 0.0120. The summed E-state index contributed by atoms with van der Waals surface area (Å²) in [4.78, 5) is 12.0. The highest BCUT2D eigenvalue weighted by Gasteiger charge is 2.25. The van der Waals surface area contributed by atoms with E-state index in [1.165, 1.54) is 12.0 Å². The number of hydrogen-bond donors (Lipinski definition) is 2. The second-order valence-electron chi connectivity index (χ2n) is 6.08. The largest absolute Gasteiger partial charge is 0.491 e. The molecule has 0 bridgehead atoms. The van der Waals surface area contributed by atoms with Gasteiger partial charge in [0.25, 0.3) is 0 Å². The molecule has 1 saturated heterocycles. The van der Waals surface area contributed by atoms with Gasteiger partial charge in [0.1, 0.15) is 12.4 Å². The number of rotatable bonds is 4. The molecule has 0 aliphatic carbocycles. The van der Waals surface area contributed by atoms with Crippen molar-refractivity contribution in [1.29, 1.82) is 0 Å². The summed E-state index contributed by atoms with van der Waals surface area (Å²) in [6.07, 6.45) is 4.67. The summed E-state index contributed by atoms with van der Waals surface area (Å²) in [5, 5.41) is 5.90. The number of ether oxygens (including phenoxy) is 2. The van der Waals surface area contributed by atoms with Crippen LogP contribution in [-0.4, -0.2) is 31.9 Å². The first kappa shape index (κ1) is 15.2. The van der Waals surface area contributed by atoms with Crippen LogP contribution in [0.4, 0.5) is 4.79 Å². The summed E-state index contributed by atoms with van der Waals surface area (Å²) in [6, 6.07) is 5.85. The van der Waals surface area contributed by atoms with Gasteiger partial charge in [-0.25, -0.2) is 4.79 Å². The maximum atomic E-state index is 12.0. The van der Waals surface area contributed by atoms with Crippen LogP contribution in [0, 0.1) is 6.92 Å². The van der Waals surface area contributed by atoms with Crippen LogP contribution in [0.2, 0.25) is 0 Å². The van der Waals surface area contributed by atoms with E-state index in [0.717, 1.165) is 37.2 Å². The van der Waals surface area contributed by atoms with E-state index in [1.54, 1.807) is 0 Å².